The van der Waals surface area contributed by atoms with Gasteiger partial charge in [-0.1, -0.05) is 24.3 Å². The van der Waals surface area contributed by atoms with Gasteiger partial charge in [-0.25, -0.2) is 0 Å². The molecule has 0 atom stereocenters. The molecule has 2 aromatic rings. The molecule has 0 unspecified atom stereocenters. The number of methoxy groups -OCH3 is 3. The van der Waals surface area contributed by atoms with E-state index in [0.717, 1.165) is 11.3 Å². The Labute approximate surface area is 155 Å². The van der Waals surface area contributed by atoms with Crippen molar-refractivity contribution < 1.29 is 23.7 Å². The van der Waals surface area contributed by atoms with E-state index in [-0.39, 0.29) is 0 Å². The Balaban J connectivity index is 1.88. The Hall–Kier alpha value is -2.82. The Morgan fingerprint density at radius 2 is 1.42 bits per heavy atom. The van der Waals surface area contributed by atoms with Crippen molar-refractivity contribution in [2.75, 3.05) is 34.5 Å². The zero-order valence-corrected chi connectivity index (χ0v) is 15.8. The minimum absolute atomic E-state index is 0.482. The predicted molar refractivity (Wildman–Crippen MR) is 103 cm³/mol. The van der Waals surface area contributed by atoms with Crippen molar-refractivity contribution in [3.8, 4) is 28.7 Å². The van der Waals surface area contributed by atoms with Gasteiger partial charge < -0.3 is 23.7 Å². The zero-order valence-electron chi connectivity index (χ0n) is 15.8. The summed E-state index contributed by atoms with van der Waals surface area (Å²) in [6.45, 7) is 2.97. The van der Waals surface area contributed by atoms with E-state index in [0.29, 0.717) is 42.6 Å². The molecule has 0 fully saturated rings. The molecular weight excluding hydrogens is 332 g/mol. The molecular formula is C21H26O5. The summed E-state index contributed by atoms with van der Waals surface area (Å²) in [5.74, 6) is 3.33. The minimum Gasteiger partial charge on any atom is -0.493 e. The maximum Gasteiger partial charge on any atom is 0.203 e. The third kappa shape index (κ3) is 5.09. The molecule has 0 aromatic heterocycles. The lowest BCUT2D eigenvalue weighted by Gasteiger charge is -2.15. The van der Waals surface area contributed by atoms with Crippen LogP contribution in [0.4, 0.5) is 0 Å². The third-order valence-corrected chi connectivity index (χ3v) is 3.72. The molecule has 0 bridgehead atoms. The number of hydrogen-bond donors (Lipinski definition) is 0. The van der Waals surface area contributed by atoms with Crippen LogP contribution in [0.25, 0.3) is 6.08 Å². The maximum absolute atomic E-state index is 5.83. The van der Waals surface area contributed by atoms with Gasteiger partial charge in [-0.3, -0.25) is 0 Å². The van der Waals surface area contributed by atoms with Crippen LogP contribution >= 0.6 is 0 Å². The zero-order chi connectivity index (χ0) is 18.8. The molecule has 0 N–H and O–H groups in total. The van der Waals surface area contributed by atoms with E-state index in [1.54, 1.807) is 21.3 Å². The molecule has 140 valence electrons. The average molecular weight is 358 g/mol. The Kier molecular flexibility index (Phi) is 7.68. The van der Waals surface area contributed by atoms with Gasteiger partial charge in [0.1, 0.15) is 0 Å². The smallest absolute Gasteiger partial charge is 0.203 e. The molecule has 0 aliphatic carbocycles. The fraction of sp³-hybridized carbons (Fsp3) is 0.333. The highest BCUT2D eigenvalue weighted by molar-refractivity contribution is 5.55. The van der Waals surface area contributed by atoms with E-state index in [1.165, 1.54) is 0 Å². The quantitative estimate of drug-likeness (QED) is 0.581. The number of hydrogen-bond acceptors (Lipinski definition) is 5. The number of rotatable bonds is 10. The lowest BCUT2D eigenvalue weighted by atomic mass is 10.2. The summed E-state index contributed by atoms with van der Waals surface area (Å²) in [6, 6.07) is 11.4. The van der Waals surface area contributed by atoms with Gasteiger partial charge in [-0.2, -0.15) is 0 Å². The van der Waals surface area contributed by atoms with Gasteiger partial charge in [0.25, 0.3) is 0 Å². The second-order valence-electron chi connectivity index (χ2n) is 5.45. The van der Waals surface area contributed by atoms with Gasteiger partial charge >= 0.3 is 0 Å². The maximum atomic E-state index is 5.83. The molecule has 0 saturated heterocycles. The van der Waals surface area contributed by atoms with Crippen molar-refractivity contribution in [2.45, 2.75) is 13.3 Å². The number of benzene rings is 2. The first-order chi connectivity index (χ1) is 12.7. The van der Waals surface area contributed by atoms with Gasteiger partial charge in [0, 0.05) is 6.42 Å². The highest BCUT2D eigenvalue weighted by atomic mass is 16.5. The van der Waals surface area contributed by atoms with Crippen molar-refractivity contribution in [3.05, 3.63) is 48.0 Å². The van der Waals surface area contributed by atoms with E-state index < -0.39 is 0 Å². The van der Waals surface area contributed by atoms with Crippen LogP contribution in [0.15, 0.2) is 42.5 Å². The second-order valence-corrected chi connectivity index (χ2v) is 5.45. The van der Waals surface area contributed by atoms with Gasteiger partial charge in [-0.15, -0.1) is 0 Å². The lowest BCUT2D eigenvalue weighted by Crippen LogP contribution is -2.07. The van der Waals surface area contributed by atoms with Crippen LogP contribution in [0.1, 0.15) is 18.9 Å². The Morgan fingerprint density at radius 1 is 0.769 bits per heavy atom. The van der Waals surface area contributed by atoms with Gasteiger partial charge in [0.2, 0.25) is 5.75 Å². The number of ether oxygens (including phenoxy) is 5. The molecule has 2 rings (SSSR count). The largest absolute Gasteiger partial charge is 0.493 e. The van der Waals surface area contributed by atoms with E-state index >= 15 is 0 Å². The summed E-state index contributed by atoms with van der Waals surface area (Å²) in [7, 11) is 4.85. The Bertz CT molecular complexity index is 702. The normalized spacial score (nSPS) is 10.6. The average Bonchev–Trinajstić information content (AvgIpc) is 2.68. The molecule has 5 heteroatoms. The summed E-state index contributed by atoms with van der Waals surface area (Å²) in [5.41, 5.74) is 1.07. The summed E-state index contributed by atoms with van der Waals surface area (Å²) in [5, 5.41) is 0. The summed E-state index contributed by atoms with van der Waals surface area (Å²) >= 11 is 0. The van der Waals surface area contributed by atoms with Crippen LogP contribution in [0.2, 0.25) is 0 Å². The van der Waals surface area contributed by atoms with Crippen molar-refractivity contribution in [3.63, 3.8) is 0 Å². The molecule has 0 heterocycles. The van der Waals surface area contributed by atoms with Crippen LogP contribution in [0.5, 0.6) is 28.7 Å². The molecule has 2 aromatic carbocycles. The first-order valence-corrected chi connectivity index (χ1v) is 8.50. The Morgan fingerprint density at radius 3 is 2.04 bits per heavy atom. The van der Waals surface area contributed by atoms with Crippen LogP contribution in [0, 0.1) is 0 Å². The highest BCUT2D eigenvalue weighted by Gasteiger charge is 2.11. The van der Waals surface area contributed by atoms with Crippen molar-refractivity contribution in [1.29, 1.82) is 0 Å². The first kappa shape index (κ1) is 19.5. The number of para-hydroxylation sites is 1. The number of allylic oxidation sites excluding steroid dienone is 1. The van der Waals surface area contributed by atoms with E-state index in [2.05, 4.69) is 0 Å². The summed E-state index contributed by atoms with van der Waals surface area (Å²) in [6.07, 6.45) is 4.71. The molecule has 26 heavy (non-hydrogen) atoms. The van der Waals surface area contributed by atoms with E-state index in [9.17, 15) is 0 Å². The molecule has 0 amide bonds. The van der Waals surface area contributed by atoms with Gasteiger partial charge in [0.15, 0.2) is 23.0 Å². The molecule has 0 saturated carbocycles. The lowest BCUT2D eigenvalue weighted by molar-refractivity contribution is 0.228. The molecule has 0 spiro atoms. The minimum atomic E-state index is 0.482. The second kappa shape index (κ2) is 10.2. The van der Waals surface area contributed by atoms with E-state index in [1.807, 2.05) is 55.5 Å². The van der Waals surface area contributed by atoms with Crippen LogP contribution in [-0.4, -0.2) is 34.5 Å². The van der Waals surface area contributed by atoms with Crippen LogP contribution < -0.4 is 23.7 Å². The van der Waals surface area contributed by atoms with Crippen LogP contribution in [-0.2, 0) is 0 Å². The molecule has 0 aliphatic rings. The molecule has 0 aliphatic heterocycles. The summed E-state index contributed by atoms with van der Waals surface area (Å²) < 4.78 is 27.7. The van der Waals surface area contributed by atoms with E-state index in [4.69, 9.17) is 23.7 Å². The summed E-state index contributed by atoms with van der Waals surface area (Å²) in [4.78, 5) is 0. The third-order valence-electron chi connectivity index (χ3n) is 3.72. The standard InChI is InChI=1S/C21H26O5/c1-5-8-16-11-12-17(20(15-16)24-4)25-13-7-14-26-21-18(22-2)9-6-10-19(21)23-3/h5-6,8-12,15H,7,13-14H2,1-4H3. The van der Waals surface area contributed by atoms with Gasteiger partial charge in [0.05, 0.1) is 34.5 Å². The van der Waals surface area contributed by atoms with Crippen molar-refractivity contribution >= 4 is 6.08 Å². The first-order valence-electron chi connectivity index (χ1n) is 8.50. The topological polar surface area (TPSA) is 46.2 Å². The van der Waals surface area contributed by atoms with Crippen molar-refractivity contribution in [2.24, 2.45) is 0 Å². The molecule has 0 radical (unpaired) electrons. The predicted octanol–water partition coefficient (Wildman–Crippen LogP) is 4.59. The van der Waals surface area contributed by atoms with Crippen LogP contribution in [0.3, 0.4) is 0 Å². The SMILES string of the molecule is CC=Cc1ccc(OCCCOc2c(OC)cccc2OC)c(OC)c1. The highest BCUT2D eigenvalue weighted by Crippen LogP contribution is 2.36. The van der Waals surface area contributed by atoms with Crippen molar-refractivity contribution in [1.82, 2.24) is 0 Å². The molecule has 5 nitrogen and oxygen atoms in total. The van der Waals surface area contributed by atoms with Gasteiger partial charge in [-0.05, 0) is 36.8 Å². The fourth-order valence-corrected chi connectivity index (χ4v) is 2.47. The monoisotopic (exact) mass is 358 g/mol. The fourth-order valence-electron chi connectivity index (χ4n) is 2.47.